The molecule has 1 aromatic heterocycles. The molecule has 1 atom stereocenters. The minimum Gasteiger partial charge on any atom is -0.347 e. The Hall–Kier alpha value is -2.69. The van der Waals surface area contributed by atoms with Gasteiger partial charge in [-0.3, -0.25) is 0 Å². The Kier molecular flexibility index (Phi) is 4.34. The van der Waals surface area contributed by atoms with E-state index in [1.54, 1.807) is 0 Å². The van der Waals surface area contributed by atoms with Gasteiger partial charge in [0.2, 0.25) is 11.9 Å². The zero-order valence-electron chi connectivity index (χ0n) is 14.9. The Balaban J connectivity index is 1.94. The fourth-order valence-corrected chi connectivity index (χ4v) is 2.68. The maximum atomic E-state index is 4.57. The highest BCUT2D eigenvalue weighted by molar-refractivity contribution is 5.83. The van der Waals surface area contributed by atoms with E-state index in [-0.39, 0.29) is 6.04 Å². The molecule has 0 amide bonds. The van der Waals surface area contributed by atoms with Crippen LogP contribution in [0.2, 0.25) is 0 Å². The molecule has 0 saturated heterocycles. The van der Waals surface area contributed by atoms with E-state index < -0.39 is 0 Å². The number of anilines is 2. The first-order chi connectivity index (χ1) is 11.5. The van der Waals surface area contributed by atoms with E-state index in [0.717, 1.165) is 5.82 Å². The summed E-state index contributed by atoms with van der Waals surface area (Å²) in [6.45, 7) is 4.06. The molecule has 1 unspecified atom stereocenters. The van der Waals surface area contributed by atoms with Crippen LogP contribution in [0.5, 0.6) is 0 Å². The van der Waals surface area contributed by atoms with Crippen LogP contribution in [0.15, 0.2) is 42.5 Å². The number of hydrogen-bond acceptors (Lipinski definition) is 5. The standard InChI is InChI=1S/C19H23N5/c1-13(16-11-10-15-8-6-7-9-17(15)12-16)24(5)19-21-14(2)20-18(22-19)23(3)4/h6-13H,1-5H3. The molecule has 0 bridgehead atoms. The number of nitrogens with zero attached hydrogens (tertiary/aromatic N) is 5. The number of aryl methyl sites for hydroxylation is 1. The van der Waals surface area contributed by atoms with Crippen LogP contribution in [0.1, 0.15) is 24.4 Å². The van der Waals surface area contributed by atoms with Gasteiger partial charge in [0.25, 0.3) is 0 Å². The third-order valence-corrected chi connectivity index (χ3v) is 4.28. The summed E-state index contributed by atoms with van der Waals surface area (Å²) in [4.78, 5) is 17.4. The molecule has 24 heavy (non-hydrogen) atoms. The third-order valence-electron chi connectivity index (χ3n) is 4.28. The van der Waals surface area contributed by atoms with Gasteiger partial charge in [0, 0.05) is 21.1 Å². The van der Waals surface area contributed by atoms with Crippen LogP contribution in [0.4, 0.5) is 11.9 Å². The predicted molar refractivity (Wildman–Crippen MR) is 99.7 cm³/mol. The van der Waals surface area contributed by atoms with Crippen LogP contribution >= 0.6 is 0 Å². The zero-order valence-corrected chi connectivity index (χ0v) is 14.9. The van der Waals surface area contributed by atoms with Gasteiger partial charge in [-0.2, -0.15) is 15.0 Å². The molecule has 0 aliphatic heterocycles. The summed E-state index contributed by atoms with van der Waals surface area (Å²) in [6, 6.07) is 15.1. The molecule has 0 N–H and O–H groups in total. The van der Waals surface area contributed by atoms with Crippen molar-refractivity contribution in [2.45, 2.75) is 19.9 Å². The van der Waals surface area contributed by atoms with E-state index in [1.807, 2.05) is 33.0 Å². The lowest BCUT2D eigenvalue weighted by atomic mass is 10.0. The topological polar surface area (TPSA) is 45.2 Å². The molecular weight excluding hydrogens is 298 g/mol. The Bertz CT molecular complexity index is 859. The monoisotopic (exact) mass is 321 g/mol. The number of hydrogen-bond donors (Lipinski definition) is 0. The van der Waals surface area contributed by atoms with E-state index in [9.17, 15) is 0 Å². The smallest absolute Gasteiger partial charge is 0.230 e. The van der Waals surface area contributed by atoms with E-state index in [2.05, 4.69) is 69.2 Å². The van der Waals surface area contributed by atoms with Crippen molar-refractivity contribution in [3.05, 3.63) is 53.9 Å². The van der Waals surface area contributed by atoms with Crippen molar-refractivity contribution in [2.24, 2.45) is 0 Å². The first-order valence-corrected chi connectivity index (χ1v) is 8.07. The van der Waals surface area contributed by atoms with Crippen molar-refractivity contribution in [3.8, 4) is 0 Å². The summed E-state index contributed by atoms with van der Waals surface area (Å²) in [5, 5.41) is 2.50. The Morgan fingerprint density at radius 2 is 1.50 bits per heavy atom. The second-order valence-corrected chi connectivity index (χ2v) is 6.27. The molecule has 1 heterocycles. The molecule has 0 saturated carbocycles. The lowest BCUT2D eigenvalue weighted by Gasteiger charge is -2.26. The van der Waals surface area contributed by atoms with Crippen LogP contribution in [-0.2, 0) is 0 Å². The zero-order chi connectivity index (χ0) is 17.3. The van der Waals surface area contributed by atoms with E-state index in [1.165, 1.54) is 16.3 Å². The normalized spacial score (nSPS) is 12.2. The number of benzene rings is 2. The minimum atomic E-state index is 0.159. The summed E-state index contributed by atoms with van der Waals surface area (Å²) in [7, 11) is 5.89. The molecule has 0 radical (unpaired) electrons. The molecule has 0 spiro atoms. The summed E-state index contributed by atoms with van der Waals surface area (Å²) in [5.74, 6) is 2.09. The van der Waals surface area contributed by atoms with Crippen LogP contribution in [0.3, 0.4) is 0 Å². The van der Waals surface area contributed by atoms with Gasteiger partial charge in [-0.25, -0.2) is 0 Å². The number of fused-ring (bicyclic) bond motifs is 1. The molecule has 2 aromatic carbocycles. The van der Waals surface area contributed by atoms with Crippen LogP contribution < -0.4 is 9.80 Å². The highest BCUT2D eigenvalue weighted by atomic mass is 15.3. The van der Waals surface area contributed by atoms with Gasteiger partial charge in [0.1, 0.15) is 5.82 Å². The van der Waals surface area contributed by atoms with Gasteiger partial charge in [0.05, 0.1) is 6.04 Å². The Morgan fingerprint density at radius 1 is 0.833 bits per heavy atom. The highest BCUT2D eigenvalue weighted by Crippen LogP contribution is 2.26. The van der Waals surface area contributed by atoms with Gasteiger partial charge >= 0.3 is 0 Å². The van der Waals surface area contributed by atoms with Gasteiger partial charge in [0.15, 0.2) is 0 Å². The fraction of sp³-hybridized carbons (Fsp3) is 0.316. The van der Waals surface area contributed by atoms with Crippen molar-refractivity contribution in [2.75, 3.05) is 30.9 Å². The molecule has 5 heteroatoms. The van der Waals surface area contributed by atoms with Crippen molar-refractivity contribution in [1.82, 2.24) is 15.0 Å². The summed E-state index contributed by atoms with van der Waals surface area (Å²) in [6.07, 6.45) is 0. The fourth-order valence-electron chi connectivity index (χ4n) is 2.68. The van der Waals surface area contributed by atoms with Crippen molar-refractivity contribution in [1.29, 1.82) is 0 Å². The third kappa shape index (κ3) is 3.15. The largest absolute Gasteiger partial charge is 0.347 e. The lowest BCUT2D eigenvalue weighted by molar-refractivity contribution is 0.707. The molecule has 3 aromatic rings. The quantitative estimate of drug-likeness (QED) is 0.735. The SMILES string of the molecule is Cc1nc(N(C)C)nc(N(C)C(C)c2ccc3ccccc3c2)n1. The van der Waals surface area contributed by atoms with Crippen LogP contribution in [-0.4, -0.2) is 36.1 Å². The average Bonchev–Trinajstić information content (AvgIpc) is 2.59. The molecule has 0 aliphatic rings. The summed E-state index contributed by atoms with van der Waals surface area (Å²) < 4.78 is 0. The molecular formula is C19H23N5. The molecule has 0 aliphatic carbocycles. The van der Waals surface area contributed by atoms with Gasteiger partial charge in [-0.05, 0) is 36.2 Å². The maximum absolute atomic E-state index is 4.57. The Morgan fingerprint density at radius 3 is 2.21 bits per heavy atom. The predicted octanol–water partition coefficient (Wildman–Crippen LogP) is 3.60. The summed E-state index contributed by atoms with van der Waals surface area (Å²) in [5.41, 5.74) is 1.24. The molecule has 5 nitrogen and oxygen atoms in total. The van der Waals surface area contributed by atoms with Crippen LogP contribution in [0, 0.1) is 6.92 Å². The van der Waals surface area contributed by atoms with Gasteiger partial charge in [-0.1, -0.05) is 36.4 Å². The minimum absolute atomic E-state index is 0.159. The number of aromatic nitrogens is 3. The Labute approximate surface area is 143 Å². The first kappa shape index (κ1) is 16.2. The van der Waals surface area contributed by atoms with E-state index in [4.69, 9.17) is 0 Å². The molecule has 124 valence electrons. The van der Waals surface area contributed by atoms with Crippen molar-refractivity contribution < 1.29 is 0 Å². The highest BCUT2D eigenvalue weighted by Gasteiger charge is 2.17. The maximum Gasteiger partial charge on any atom is 0.230 e. The lowest BCUT2D eigenvalue weighted by Crippen LogP contribution is -2.25. The molecule has 3 rings (SSSR count). The summed E-state index contributed by atoms with van der Waals surface area (Å²) >= 11 is 0. The van der Waals surface area contributed by atoms with Crippen LogP contribution in [0.25, 0.3) is 10.8 Å². The van der Waals surface area contributed by atoms with Gasteiger partial charge < -0.3 is 9.80 Å². The van der Waals surface area contributed by atoms with E-state index in [0.29, 0.717) is 11.9 Å². The second-order valence-electron chi connectivity index (χ2n) is 6.27. The molecule has 0 fully saturated rings. The van der Waals surface area contributed by atoms with E-state index >= 15 is 0 Å². The van der Waals surface area contributed by atoms with Gasteiger partial charge in [-0.15, -0.1) is 0 Å². The van der Waals surface area contributed by atoms with Crippen molar-refractivity contribution >= 4 is 22.7 Å². The average molecular weight is 321 g/mol. The number of rotatable bonds is 4. The first-order valence-electron chi connectivity index (χ1n) is 8.07. The van der Waals surface area contributed by atoms with Crippen molar-refractivity contribution in [3.63, 3.8) is 0 Å². The second kappa shape index (κ2) is 6.43.